The summed E-state index contributed by atoms with van der Waals surface area (Å²) in [5.41, 5.74) is 3.47. The van der Waals surface area contributed by atoms with Gasteiger partial charge in [0.15, 0.2) is 0 Å². The lowest BCUT2D eigenvalue weighted by atomic mass is 10.0. The molecule has 2 heterocycles. The molecule has 2 nitrogen and oxygen atoms in total. The molecule has 0 aliphatic heterocycles. The molecule has 4 heteroatoms. The highest BCUT2D eigenvalue weighted by Gasteiger charge is 2.11. The Morgan fingerprint density at radius 1 is 1.10 bits per heavy atom. The lowest BCUT2D eigenvalue weighted by molar-refractivity contribution is 0.0702. The maximum atomic E-state index is 11.0. The molecule has 0 aliphatic carbocycles. The number of hydrogen-bond acceptors (Lipinski definition) is 3. The molecule has 0 atom stereocenters. The highest BCUT2D eigenvalue weighted by Crippen LogP contribution is 2.34. The number of hydrogen-bond donors (Lipinski definition) is 1. The molecule has 1 N–H and O–H groups in total. The van der Waals surface area contributed by atoms with Gasteiger partial charge in [0, 0.05) is 9.75 Å². The molecule has 0 fully saturated rings. The summed E-state index contributed by atoms with van der Waals surface area (Å²) < 4.78 is 0. The number of carbonyl (C=O) groups is 1. The Bertz CT molecular complexity index is 755. The van der Waals surface area contributed by atoms with E-state index < -0.39 is 5.97 Å². The van der Waals surface area contributed by atoms with Gasteiger partial charge >= 0.3 is 5.97 Å². The zero-order chi connectivity index (χ0) is 14.1. The van der Waals surface area contributed by atoms with Crippen LogP contribution in [0.2, 0.25) is 0 Å². The minimum Gasteiger partial charge on any atom is -0.477 e. The van der Waals surface area contributed by atoms with E-state index in [-0.39, 0.29) is 0 Å². The van der Waals surface area contributed by atoms with E-state index in [0.29, 0.717) is 4.88 Å². The van der Waals surface area contributed by atoms with Crippen molar-refractivity contribution in [2.45, 2.75) is 6.92 Å². The number of rotatable bonds is 3. The molecule has 3 aromatic rings. The summed E-state index contributed by atoms with van der Waals surface area (Å²) in [5.74, 6) is -0.867. The van der Waals surface area contributed by atoms with Crippen LogP contribution in [0.4, 0.5) is 0 Å². The Labute approximate surface area is 125 Å². The van der Waals surface area contributed by atoms with Gasteiger partial charge in [-0.15, -0.1) is 22.7 Å². The summed E-state index contributed by atoms with van der Waals surface area (Å²) in [5, 5.41) is 11.1. The van der Waals surface area contributed by atoms with Gasteiger partial charge in [-0.25, -0.2) is 4.79 Å². The maximum absolute atomic E-state index is 11.0. The van der Waals surface area contributed by atoms with Crippen LogP contribution in [0.5, 0.6) is 0 Å². The number of carboxylic acid groups (broad SMARTS) is 1. The van der Waals surface area contributed by atoms with Crippen LogP contribution in [0.1, 0.15) is 15.2 Å². The van der Waals surface area contributed by atoms with Crippen molar-refractivity contribution < 1.29 is 9.90 Å². The number of thiophene rings is 2. The largest absolute Gasteiger partial charge is 0.477 e. The van der Waals surface area contributed by atoms with Crippen LogP contribution in [0.15, 0.2) is 47.8 Å². The van der Waals surface area contributed by atoms with Gasteiger partial charge in [-0.1, -0.05) is 18.2 Å². The summed E-state index contributed by atoms with van der Waals surface area (Å²) in [6.07, 6.45) is 0. The third-order valence-electron chi connectivity index (χ3n) is 3.11. The molecule has 20 heavy (non-hydrogen) atoms. The molecule has 1 aromatic carbocycles. The van der Waals surface area contributed by atoms with Crippen molar-refractivity contribution in [3.63, 3.8) is 0 Å². The zero-order valence-corrected chi connectivity index (χ0v) is 12.4. The monoisotopic (exact) mass is 300 g/mol. The molecule has 0 aliphatic rings. The quantitative estimate of drug-likeness (QED) is 0.726. The summed E-state index contributed by atoms with van der Waals surface area (Å²) >= 11 is 3.03. The van der Waals surface area contributed by atoms with Crippen molar-refractivity contribution in [3.8, 4) is 20.9 Å². The van der Waals surface area contributed by atoms with E-state index in [0.717, 1.165) is 16.0 Å². The van der Waals surface area contributed by atoms with Gasteiger partial charge in [-0.3, -0.25) is 0 Å². The van der Waals surface area contributed by atoms with Crippen molar-refractivity contribution in [1.29, 1.82) is 0 Å². The van der Waals surface area contributed by atoms with Crippen LogP contribution in [0.3, 0.4) is 0 Å². The van der Waals surface area contributed by atoms with E-state index in [9.17, 15) is 4.79 Å². The molecule has 0 saturated heterocycles. The molecule has 2 aromatic heterocycles. The van der Waals surface area contributed by atoms with Gasteiger partial charge in [-0.05, 0) is 53.3 Å². The number of carboxylic acids is 1. The lowest BCUT2D eigenvalue weighted by Gasteiger charge is -2.06. The van der Waals surface area contributed by atoms with Crippen LogP contribution >= 0.6 is 22.7 Å². The minimum absolute atomic E-state index is 0.377. The van der Waals surface area contributed by atoms with Crippen molar-refractivity contribution in [2.75, 3.05) is 0 Å². The van der Waals surface area contributed by atoms with E-state index in [1.165, 1.54) is 21.8 Å². The SMILES string of the molecule is Cc1cc(-c2cccs2)ccc1-c1ccc(C(=O)O)s1. The van der Waals surface area contributed by atoms with Crippen LogP contribution in [0, 0.1) is 6.92 Å². The first kappa shape index (κ1) is 13.1. The van der Waals surface area contributed by atoms with E-state index in [4.69, 9.17) is 5.11 Å². The third kappa shape index (κ3) is 2.40. The first-order valence-corrected chi connectivity index (χ1v) is 7.83. The topological polar surface area (TPSA) is 37.3 Å². The van der Waals surface area contributed by atoms with Crippen molar-refractivity contribution >= 4 is 28.6 Å². The number of benzene rings is 1. The fraction of sp³-hybridized carbons (Fsp3) is 0.0625. The van der Waals surface area contributed by atoms with Gasteiger partial charge in [0.2, 0.25) is 0 Å². The first-order valence-electron chi connectivity index (χ1n) is 6.13. The van der Waals surface area contributed by atoms with Gasteiger partial charge in [0.05, 0.1) is 0 Å². The van der Waals surface area contributed by atoms with E-state index in [2.05, 4.69) is 36.6 Å². The summed E-state index contributed by atoms with van der Waals surface area (Å²) in [7, 11) is 0. The fourth-order valence-electron chi connectivity index (χ4n) is 2.13. The Morgan fingerprint density at radius 2 is 1.95 bits per heavy atom. The normalized spacial score (nSPS) is 10.7. The number of aromatic carboxylic acids is 1. The Morgan fingerprint density at radius 3 is 2.55 bits per heavy atom. The predicted octanol–water partition coefficient (Wildman–Crippen LogP) is 5.15. The molecule has 3 rings (SSSR count). The fourth-order valence-corrected chi connectivity index (χ4v) is 3.79. The minimum atomic E-state index is -0.867. The summed E-state index contributed by atoms with van der Waals surface area (Å²) in [6, 6.07) is 14.0. The van der Waals surface area contributed by atoms with Crippen LogP contribution < -0.4 is 0 Å². The second-order valence-corrected chi connectivity index (χ2v) is 6.51. The highest BCUT2D eigenvalue weighted by atomic mass is 32.1. The van der Waals surface area contributed by atoms with Gasteiger partial charge in [0.1, 0.15) is 4.88 Å². The van der Waals surface area contributed by atoms with Crippen molar-refractivity contribution in [2.24, 2.45) is 0 Å². The van der Waals surface area contributed by atoms with Crippen molar-refractivity contribution in [3.05, 3.63) is 58.3 Å². The third-order valence-corrected chi connectivity index (χ3v) is 5.14. The van der Waals surface area contributed by atoms with Crippen LogP contribution in [0.25, 0.3) is 20.9 Å². The van der Waals surface area contributed by atoms with E-state index in [1.807, 2.05) is 12.1 Å². The van der Waals surface area contributed by atoms with E-state index >= 15 is 0 Å². The van der Waals surface area contributed by atoms with Gasteiger partial charge in [-0.2, -0.15) is 0 Å². The second kappa shape index (κ2) is 5.23. The van der Waals surface area contributed by atoms with Gasteiger partial charge in [0.25, 0.3) is 0 Å². The second-order valence-electron chi connectivity index (χ2n) is 4.48. The Balaban J connectivity index is 2.00. The van der Waals surface area contributed by atoms with Crippen LogP contribution in [-0.2, 0) is 0 Å². The highest BCUT2D eigenvalue weighted by molar-refractivity contribution is 7.17. The standard InChI is InChI=1S/C16H12O2S2/c1-10-9-11(13-3-2-8-19-13)4-5-12(10)14-6-7-15(20-14)16(17)18/h2-9H,1H3,(H,17,18). The molecule has 0 spiro atoms. The first-order chi connectivity index (χ1) is 9.65. The average molecular weight is 300 g/mol. The van der Waals surface area contributed by atoms with Crippen molar-refractivity contribution in [1.82, 2.24) is 0 Å². The summed E-state index contributed by atoms with van der Waals surface area (Å²) in [6.45, 7) is 2.06. The molecule has 0 unspecified atom stereocenters. The molecule has 100 valence electrons. The Kier molecular flexibility index (Phi) is 3.42. The molecule has 0 saturated carbocycles. The molecule has 0 bridgehead atoms. The number of aryl methyl sites for hydroxylation is 1. The van der Waals surface area contributed by atoms with E-state index in [1.54, 1.807) is 17.4 Å². The summed E-state index contributed by atoms with van der Waals surface area (Å²) in [4.78, 5) is 13.6. The Hall–Kier alpha value is -1.91. The molecular weight excluding hydrogens is 288 g/mol. The lowest BCUT2D eigenvalue weighted by Crippen LogP contribution is -1.89. The molecule has 0 amide bonds. The predicted molar refractivity (Wildman–Crippen MR) is 84.8 cm³/mol. The zero-order valence-electron chi connectivity index (χ0n) is 10.8. The maximum Gasteiger partial charge on any atom is 0.345 e. The molecular formula is C16H12O2S2. The molecule has 0 radical (unpaired) electrons. The van der Waals surface area contributed by atoms with Crippen LogP contribution in [-0.4, -0.2) is 11.1 Å². The smallest absolute Gasteiger partial charge is 0.345 e. The average Bonchev–Trinajstić information content (AvgIpc) is 3.10. The van der Waals surface area contributed by atoms with Gasteiger partial charge < -0.3 is 5.11 Å².